The maximum Gasteiger partial charge on any atom is 1.00 e. The van der Waals surface area contributed by atoms with Crippen LogP contribution in [0.5, 0.6) is 0 Å². The van der Waals surface area contributed by atoms with Gasteiger partial charge in [-0.25, -0.2) is 4.79 Å². The Morgan fingerprint density at radius 3 is 2.08 bits per heavy atom. The molecule has 0 N–H and O–H groups in total. The predicted octanol–water partition coefficient (Wildman–Crippen LogP) is 1.94. The first-order valence-electron chi connectivity index (χ1n) is 11.9. The molecule has 10 heteroatoms. The van der Waals surface area contributed by atoms with Gasteiger partial charge in [0.25, 0.3) is 0 Å². The van der Waals surface area contributed by atoms with Crippen LogP contribution in [-0.2, 0) is 4.74 Å². The smallest absolute Gasteiger partial charge is 0.448 e. The Balaban J connectivity index is 0.00000320. The molecule has 5 nitrogen and oxygen atoms in total. The molecule has 0 spiro atoms. The predicted molar refractivity (Wildman–Crippen MR) is 134 cm³/mol. The number of amides is 1. The summed E-state index contributed by atoms with van der Waals surface area (Å²) in [6.07, 6.45) is 0.0195. The normalized spacial score (nSPS) is 15.0. The molecule has 5 rings (SSSR count). The molecule has 0 radical (unpaired) electrons. The minimum atomic E-state index is -5.24. The molecule has 1 aliphatic heterocycles. The average Bonchev–Trinajstić information content (AvgIpc) is 3.20. The number of fused-ring (bicyclic) bond motifs is 3. The molecule has 1 saturated heterocycles. The summed E-state index contributed by atoms with van der Waals surface area (Å²) in [4.78, 5) is 27.6. The number of hydrogen-bond donors (Lipinski definition) is 0. The number of piperazine rings is 1. The number of carbonyl (C=O) groups is 2. The second kappa shape index (κ2) is 11.3. The third kappa shape index (κ3) is 5.54. The van der Waals surface area contributed by atoms with Crippen LogP contribution in [0.3, 0.4) is 0 Å². The van der Waals surface area contributed by atoms with Crippen LogP contribution < -0.4 is 61.7 Å². The van der Waals surface area contributed by atoms with Crippen molar-refractivity contribution in [1.82, 2.24) is 4.90 Å². The van der Waals surface area contributed by atoms with E-state index in [1.165, 1.54) is 0 Å². The Bertz CT molecular complexity index is 1280. The molecule has 0 bridgehead atoms. The number of ether oxygens (including phenoxy) is 1. The Kier molecular flexibility index (Phi) is 8.55. The van der Waals surface area contributed by atoms with E-state index in [2.05, 4.69) is 24.3 Å². The zero-order valence-corrected chi connectivity index (χ0v) is 23.9. The second-order valence-corrected chi connectivity index (χ2v) is 9.22. The maximum absolute atomic E-state index is 13.4. The van der Waals surface area contributed by atoms with Gasteiger partial charge in [-0.1, -0.05) is 60.7 Å². The number of anilines is 1. The first-order valence-corrected chi connectivity index (χ1v) is 11.9. The number of rotatable bonds is 5. The van der Waals surface area contributed by atoms with Gasteiger partial charge in [0.2, 0.25) is 0 Å². The van der Waals surface area contributed by atoms with Crippen LogP contribution in [0.4, 0.5) is 23.4 Å². The summed E-state index contributed by atoms with van der Waals surface area (Å²) in [6, 6.07) is 18.2. The van der Waals surface area contributed by atoms with Crippen molar-refractivity contribution in [3.05, 3.63) is 82.9 Å². The number of carbonyl (C=O) groups excluding carboxylic acids is 2. The van der Waals surface area contributed by atoms with Crippen molar-refractivity contribution < 1.29 is 78.7 Å². The molecule has 1 heterocycles. The topological polar surface area (TPSA) is 49.9 Å². The van der Waals surface area contributed by atoms with Crippen molar-refractivity contribution >= 4 is 30.5 Å². The van der Waals surface area contributed by atoms with Crippen LogP contribution >= 0.6 is 0 Å². The van der Waals surface area contributed by atoms with Gasteiger partial charge >= 0.3 is 64.5 Å². The zero-order valence-electron chi connectivity index (χ0n) is 20.8. The quantitative estimate of drug-likeness (QED) is 0.373. The first kappa shape index (κ1) is 27.9. The van der Waals surface area contributed by atoms with Gasteiger partial charge in [-0.15, -0.1) is 5.46 Å². The first-order chi connectivity index (χ1) is 17.3. The van der Waals surface area contributed by atoms with Crippen molar-refractivity contribution in [2.45, 2.75) is 12.8 Å². The molecule has 186 valence electrons. The molecule has 3 aromatic carbocycles. The van der Waals surface area contributed by atoms with Crippen molar-refractivity contribution in [3.63, 3.8) is 0 Å². The van der Waals surface area contributed by atoms with Gasteiger partial charge < -0.3 is 27.5 Å². The molecule has 0 unspecified atom stereocenters. The fraction of sp³-hybridized carbons (Fsp3) is 0.259. The van der Waals surface area contributed by atoms with E-state index in [1.54, 1.807) is 16.7 Å². The standard InChI is InChI=1S/C27H25BF3N2O3.K/c1-18-19(16-34)14-20(28(29,30)31)15-26(18)32-10-12-33(13-11-32)27(35)36-17-25-23-8-4-2-6-21(23)22-7-3-5-9-24(22)25;/h2-9,14-16,25H,10-13,17H2,1H3;/q-1;+1. The van der Waals surface area contributed by atoms with Gasteiger partial charge in [-0.2, -0.15) is 0 Å². The van der Waals surface area contributed by atoms with Gasteiger partial charge in [0.15, 0.2) is 0 Å². The summed E-state index contributed by atoms with van der Waals surface area (Å²) in [6.45, 7) is -2.06. The number of halogens is 3. The fourth-order valence-electron chi connectivity index (χ4n) is 5.20. The number of nitrogens with zero attached hydrogens (tertiary/aromatic N) is 2. The largest absolute Gasteiger partial charge is 1.00 e. The maximum atomic E-state index is 13.4. The Morgan fingerprint density at radius 2 is 1.54 bits per heavy atom. The molecule has 0 saturated carbocycles. The molecular weight excluding hydrogens is 507 g/mol. The zero-order chi connectivity index (χ0) is 25.4. The minimum Gasteiger partial charge on any atom is -0.448 e. The van der Waals surface area contributed by atoms with Crippen molar-refractivity contribution in [2.24, 2.45) is 0 Å². The van der Waals surface area contributed by atoms with Crippen molar-refractivity contribution in [3.8, 4) is 11.1 Å². The molecule has 1 fully saturated rings. The number of benzene rings is 3. The van der Waals surface area contributed by atoms with Gasteiger partial charge in [0.1, 0.15) is 12.9 Å². The van der Waals surface area contributed by atoms with E-state index < -0.39 is 18.5 Å². The average molecular weight is 532 g/mol. The molecule has 2 aliphatic rings. The monoisotopic (exact) mass is 532 g/mol. The molecule has 0 atom stereocenters. The van der Waals surface area contributed by atoms with Gasteiger partial charge in [0.05, 0.1) is 0 Å². The van der Waals surface area contributed by atoms with E-state index in [1.807, 2.05) is 24.3 Å². The van der Waals surface area contributed by atoms with E-state index in [0.717, 1.165) is 34.4 Å². The number of hydrogen-bond acceptors (Lipinski definition) is 4. The van der Waals surface area contributed by atoms with Crippen LogP contribution in [0.2, 0.25) is 0 Å². The van der Waals surface area contributed by atoms with Crippen LogP contribution in [-0.4, -0.2) is 57.0 Å². The van der Waals surface area contributed by atoms with E-state index in [9.17, 15) is 22.5 Å². The van der Waals surface area contributed by atoms with Crippen LogP contribution in [0.15, 0.2) is 60.7 Å². The summed E-state index contributed by atoms with van der Waals surface area (Å²) in [5.41, 5.74) is 4.67. The van der Waals surface area contributed by atoms with E-state index in [-0.39, 0.29) is 69.5 Å². The fourth-order valence-corrected chi connectivity index (χ4v) is 5.20. The van der Waals surface area contributed by atoms with E-state index >= 15 is 0 Å². The van der Waals surface area contributed by atoms with Gasteiger partial charge in [-0.05, 0) is 34.7 Å². The van der Waals surface area contributed by atoms with Crippen LogP contribution in [0, 0.1) is 6.92 Å². The second-order valence-electron chi connectivity index (χ2n) is 9.22. The summed E-state index contributed by atoms with van der Waals surface area (Å²) >= 11 is 0. The summed E-state index contributed by atoms with van der Waals surface area (Å²) in [7, 11) is 0. The molecule has 0 aromatic heterocycles. The molecular formula is C27H25BF3KN2O3. The van der Waals surface area contributed by atoms with Crippen molar-refractivity contribution in [1.29, 1.82) is 0 Å². The molecule has 3 aromatic rings. The van der Waals surface area contributed by atoms with Crippen LogP contribution in [0.1, 0.15) is 33.0 Å². The van der Waals surface area contributed by atoms with E-state index in [4.69, 9.17) is 4.74 Å². The van der Waals surface area contributed by atoms with E-state index in [0.29, 0.717) is 43.7 Å². The SMILES string of the molecule is Cc1c(C=O)cc([B-](F)(F)F)cc1N1CCN(C(=O)OCC2c3ccccc3-c3ccccc32)CC1.[K+]. The summed E-state index contributed by atoms with van der Waals surface area (Å²) in [5, 5.41) is 0. The third-order valence-corrected chi connectivity index (χ3v) is 7.16. The molecule has 37 heavy (non-hydrogen) atoms. The van der Waals surface area contributed by atoms with Gasteiger partial charge in [-0.3, -0.25) is 4.79 Å². The minimum absolute atomic E-state index is 0. The Labute approximate surface area is 256 Å². The Hall–Kier alpha value is -2.11. The Morgan fingerprint density at radius 1 is 0.973 bits per heavy atom. The third-order valence-electron chi connectivity index (χ3n) is 7.16. The summed E-state index contributed by atoms with van der Waals surface area (Å²) in [5.74, 6) is -0.0426. The number of aldehydes is 1. The molecule has 1 amide bonds. The van der Waals surface area contributed by atoms with Crippen LogP contribution in [0.25, 0.3) is 11.1 Å². The van der Waals surface area contributed by atoms with Crippen molar-refractivity contribution in [2.75, 3.05) is 37.7 Å². The van der Waals surface area contributed by atoms with Gasteiger partial charge in [0, 0.05) is 43.3 Å². The summed E-state index contributed by atoms with van der Waals surface area (Å²) < 4.78 is 45.9. The molecule has 1 aliphatic carbocycles.